The summed E-state index contributed by atoms with van der Waals surface area (Å²) in [5.74, 6) is 0.617. The van der Waals surface area contributed by atoms with Gasteiger partial charge in [-0.15, -0.1) is 0 Å². The van der Waals surface area contributed by atoms with Crippen LogP contribution in [0.25, 0.3) is 0 Å². The molecular formula is C31H40N4O4. The quantitative estimate of drug-likeness (QED) is 0.490. The first-order valence-electron chi connectivity index (χ1n) is 14.2. The molecule has 4 amide bonds. The van der Waals surface area contributed by atoms with Crippen LogP contribution in [0, 0.1) is 11.8 Å². The lowest BCUT2D eigenvalue weighted by atomic mass is 9.98. The molecule has 2 aromatic rings. The van der Waals surface area contributed by atoms with Crippen molar-refractivity contribution < 1.29 is 19.2 Å². The highest BCUT2D eigenvalue weighted by atomic mass is 16.2. The third-order valence-corrected chi connectivity index (χ3v) is 7.81. The molecule has 2 aliphatic heterocycles. The Morgan fingerprint density at radius 1 is 0.641 bits per heavy atom. The number of likely N-dealkylation sites (tertiary alicyclic amines) is 2. The smallest absolute Gasteiger partial charge is 0.255 e. The minimum atomic E-state index is -0.245. The summed E-state index contributed by atoms with van der Waals surface area (Å²) in [6.45, 7) is 7.30. The van der Waals surface area contributed by atoms with E-state index in [0.29, 0.717) is 40.8 Å². The number of hydrogen-bond acceptors (Lipinski definition) is 4. The van der Waals surface area contributed by atoms with Gasteiger partial charge in [-0.3, -0.25) is 19.2 Å². The molecule has 208 valence electrons. The number of para-hydroxylation sites is 2. The van der Waals surface area contributed by atoms with E-state index < -0.39 is 0 Å². The van der Waals surface area contributed by atoms with Gasteiger partial charge in [0, 0.05) is 39.0 Å². The average Bonchev–Trinajstić information content (AvgIpc) is 2.94. The molecule has 2 fully saturated rings. The fourth-order valence-electron chi connectivity index (χ4n) is 5.16. The molecular weight excluding hydrogens is 492 g/mol. The van der Waals surface area contributed by atoms with Crippen LogP contribution in [0.3, 0.4) is 0 Å². The molecule has 0 bridgehead atoms. The Labute approximate surface area is 231 Å². The van der Waals surface area contributed by atoms with Gasteiger partial charge in [0.15, 0.2) is 0 Å². The van der Waals surface area contributed by atoms with Gasteiger partial charge in [-0.1, -0.05) is 38.1 Å². The van der Waals surface area contributed by atoms with Crippen molar-refractivity contribution in [2.75, 3.05) is 36.8 Å². The zero-order valence-electron chi connectivity index (χ0n) is 23.1. The van der Waals surface area contributed by atoms with Gasteiger partial charge < -0.3 is 20.4 Å². The normalized spacial score (nSPS) is 16.6. The molecule has 0 aliphatic carbocycles. The van der Waals surface area contributed by atoms with Crippen molar-refractivity contribution in [1.29, 1.82) is 0 Å². The second-order valence-corrected chi connectivity index (χ2v) is 11.0. The number of rotatable bonds is 8. The van der Waals surface area contributed by atoms with E-state index in [0.717, 1.165) is 51.9 Å². The van der Waals surface area contributed by atoms with Gasteiger partial charge in [-0.2, -0.15) is 0 Å². The van der Waals surface area contributed by atoms with Crippen LogP contribution in [0.1, 0.15) is 79.5 Å². The van der Waals surface area contributed by atoms with Crippen LogP contribution in [0.2, 0.25) is 0 Å². The minimum Gasteiger partial charge on any atom is -0.339 e. The van der Waals surface area contributed by atoms with Crippen LogP contribution in [-0.4, -0.2) is 59.6 Å². The molecule has 0 radical (unpaired) electrons. The van der Waals surface area contributed by atoms with Crippen molar-refractivity contribution in [3.63, 3.8) is 0 Å². The lowest BCUT2D eigenvalue weighted by Crippen LogP contribution is -2.38. The topological polar surface area (TPSA) is 98.8 Å². The van der Waals surface area contributed by atoms with E-state index in [1.54, 1.807) is 48.5 Å². The lowest BCUT2D eigenvalue weighted by Gasteiger charge is -2.30. The average molecular weight is 533 g/mol. The summed E-state index contributed by atoms with van der Waals surface area (Å²) in [6.07, 6.45) is 4.57. The molecule has 2 aliphatic rings. The molecule has 2 heterocycles. The summed E-state index contributed by atoms with van der Waals surface area (Å²) in [7, 11) is 0. The molecule has 8 nitrogen and oxygen atoms in total. The van der Waals surface area contributed by atoms with Crippen molar-refractivity contribution in [3.8, 4) is 0 Å². The third-order valence-electron chi connectivity index (χ3n) is 7.81. The first-order chi connectivity index (χ1) is 18.8. The summed E-state index contributed by atoms with van der Waals surface area (Å²) in [5, 5.41) is 5.72. The summed E-state index contributed by atoms with van der Waals surface area (Å²) in [4.78, 5) is 55.2. The van der Waals surface area contributed by atoms with E-state index in [2.05, 4.69) is 24.5 Å². The Hall–Kier alpha value is -3.68. The van der Waals surface area contributed by atoms with Gasteiger partial charge in [-0.25, -0.2) is 0 Å². The van der Waals surface area contributed by atoms with Crippen LogP contribution >= 0.6 is 0 Å². The van der Waals surface area contributed by atoms with E-state index in [4.69, 9.17) is 0 Å². The number of carbonyl (C=O) groups excluding carboxylic acids is 4. The van der Waals surface area contributed by atoms with E-state index in [1.165, 1.54) is 0 Å². The van der Waals surface area contributed by atoms with Gasteiger partial charge >= 0.3 is 0 Å². The number of hydrogen-bond donors (Lipinski definition) is 2. The molecule has 0 aromatic heterocycles. The largest absolute Gasteiger partial charge is 0.339 e. The summed E-state index contributed by atoms with van der Waals surface area (Å²) in [6, 6.07) is 14.1. The minimum absolute atomic E-state index is 0.0653. The van der Waals surface area contributed by atoms with Crippen LogP contribution in [-0.2, 0) is 9.59 Å². The van der Waals surface area contributed by atoms with E-state index in [9.17, 15) is 19.2 Å². The SMILES string of the molecule is CC1CCN(C(=O)c2ccccc2NC(=O)CCCC(=O)Nc2ccccc2C(=O)N2CCC(C)CC2)CC1. The molecule has 0 spiro atoms. The first kappa shape index (κ1) is 28.3. The van der Waals surface area contributed by atoms with Gasteiger partial charge in [0.05, 0.1) is 22.5 Å². The lowest BCUT2D eigenvalue weighted by molar-refractivity contribution is -0.117. The van der Waals surface area contributed by atoms with Crippen molar-refractivity contribution in [2.24, 2.45) is 11.8 Å². The highest BCUT2D eigenvalue weighted by molar-refractivity contribution is 6.05. The third kappa shape index (κ3) is 7.68. The maximum atomic E-state index is 13.1. The number of amides is 4. The Kier molecular flexibility index (Phi) is 9.74. The van der Waals surface area contributed by atoms with Crippen LogP contribution < -0.4 is 10.6 Å². The van der Waals surface area contributed by atoms with E-state index in [1.807, 2.05) is 9.80 Å². The second-order valence-electron chi connectivity index (χ2n) is 11.0. The Morgan fingerprint density at radius 3 is 1.38 bits per heavy atom. The maximum Gasteiger partial charge on any atom is 0.255 e. The van der Waals surface area contributed by atoms with Gasteiger partial charge in [0.2, 0.25) is 11.8 Å². The second kappa shape index (κ2) is 13.4. The Morgan fingerprint density at radius 2 is 1.00 bits per heavy atom. The van der Waals surface area contributed by atoms with Crippen molar-refractivity contribution in [2.45, 2.75) is 58.8 Å². The van der Waals surface area contributed by atoms with Gasteiger partial charge in [0.25, 0.3) is 11.8 Å². The van der Waals surface area contributed by atoms with Crippen molar-refractivity contribution in [1.82, 2.24) is 9.80 Å². The Bertz CT molecular complexity index is 1090. The molecule has 8 heteroatoms. The number of nitrogens with one attached hydrogen (secondary N) is 2. The standard InChI is InChI=1S/C31H40N4O4/c1-22-14-18-34(19-15-22)30(38)24-8-3-5-10-26(24)32-28(36)12-7-13-29(37)33-27-11-6-4-9-25(27)31(39)35-20-16-23(2)17-21-35/h3-6,8-11,22-23H,7,12-21H2,1-2H3,(H,32,36)(H,33,37). The molecule has 0 saturated carbocycles. The molecule has 2 saturated heterocycles. The summed E-state index contributed by atoms with van der Waals surface area (Å²) < 4.78 is 0. The predicted octanol–water partition coefficient (Wildman–Crippen LogP) is 5.18. The first-order valence-corrected chi connectivity index (χ1v) is 14.2. The monoisotopic (exact) mass is 532 g/mol. The van der Waals surface area contributed by atoms with Crippen molar-refractivity contribution in [3.05, 3.63) is 59.7 Å². The molecule has 39 heavy (non-hydrogen) atoms. The maximum absolute atomic E-state index is 13.1. The van der Waals surface area contributed by atoms with Gasteiger partial charge in [0.1, 0.15) is 0 Å². The number of carbonyl (C=O) groups is 4. The molecule has 2 N–H and O–H groups in total. The van der Waals surface area contributed by atoms with Crippen molar-refractivity contribution >= 4 is 35.0 Å². The van der Waals surface area contributed by atoms with Crippen LogP contribution in [0.4, 0.5) is 11.4 Å². The zero-order chi connectivity index (χ0) is 27.8. The fourth-order valence-corrected chi connectivity index (χ4v) is 5.16. The summed E-state index contributed by atoms with van der Waals surface area (Å²) >= 11 is 0. The highest BCUT2D eigenvalue weighted by Gasteiger charge is 2.25. The van der Waals surface area contributed by atoms with Gasteiger partial charge in [-0.05, 0) is 68.2 Å². The Balaban J connectivity index is 1.27. The fraction of sp³-hybridized carbons (Fsp3) is 0.484. The van der Waals surface area contributed by atoms with Crippen LogP contribution in [0.5, 0.6) is 0 Å². The predicted molar refractivity (Wildman–Crippen MR) is 153 cm³/mol. The molecule has 0 unspecified atom stereocenters. The molecule has 4 rings (SSSR count). The zero-order valence-corrected chi connectivity index (χ0v) is 23.1. The summed E-state index contributed by atoms with van der Waals surface area (Å²) in [5.41, 5.74) is 1.97. The van der Waals surface area contributed by atoms with Crippen LogP contribution in [0.15, 0.2) is 48.5 Å². The number of benzene rings is 2. The number of piperidine rings is 2. The highest BCUT2D eigenvalue weighted by Crippen LogP contribution is 2.24. The molecule has 0 atom stereocenters. The number of nitrogens with zero attached hydrogens (tertiary/aromatic N) is 2. The number of anilines is 2. The van der Waals surface area contributed by atoms with E-state index in [-0.39, 0.29) is 36.5 Å². The van der Waals surface area contributed by atoms with E-state index >= 15 is 0 Å². The molecule has 2 aromatic carbocycles.